The molecule has 2 aliphatic rings. The Labute approximate surface area is 164 Å². The molecular formula is C19H15ClFN3O4. The molecule has 2 aliphatic heterocycles. The monoisotopic (exact) mass is 403 g/mol. The Balaban J connectivity index is 1.64. The van der Waals surface area contributed by atoms with Crippen LogP contribution >= 0.6 is 11.6 Å². The number of halogens is 2. The molecule has 0 saturated carbocycles. The van der Waals surface area contributed by atoms with Gasteiger partial charge in [-0.1, -0.05) is 23.7 Å². The van der Waals surface area contributed by atoms with Gasteiger partial charge in [-0.15, -0.1) is 0 Å². The van der Waals surface area contributed by atoms with E-state index in [-0.39, 0.29) is 36.2 Å². The van der Waals surface area contributed by atoms with Crippen molar-refractivity contribution in [1.82, 2.24) is 15.5 Å². The zero-order valence-electron chi connectivity index (χ0n) is 14.5. The van der Waals surface area contributed by atoms with Crippen molar-refractivity contribution in [3.63, 3.8) is 0 Å². The molecule has 1 saturated heterocycles. The van der Waals surface area contributed by atoms with Gasteiger partial charge in [0.05, 0.1) is 11.6 Å². The number of nitrogens with one attached hydrogen (secondary N) is 2. The van der Waals surface area contributed by atoms with Crippen LogP contribution in [0.1, 0.15) is 21.5 Å². The van der Waals surface area contributed by atoms with Gasteiger partial charge in [-0.25, -0.2) is 9.18 Å². The Hall–Kier alpha value is -3.13. The number of imide groups is 1. The molecule has 1 fully saturated rings. The summed E-state index contributed by atoms with van der Waals surface area (Å²) in [4.78, 5) is 38.6. The summed E-state index contributed by atoms with van der Waals surface area (Å²) in [5.74, 6) is -1.47. The van der Waals surface area contributed by atoms with Gasteiger partial charge >= 0.3 is 6.03 Å². The Morgan fingerprint density at radius 2 is 1.89 bits per heavy atom. The number of aromatic hydroxyl groups is 1. The third-order valence-corrected chi connectivity index (χ3v) is 5.25. The zero-order valence-corrected chi connectivity index (χ0v) is 15.2. The molecule has 2 aromatic rings. The minimum Gasteiger partial charge on any atom is -0.506 e. The van der Waals surface area contributed by atoms with E-state index < -0.39 is 23.3 Å². The van der Waals surface area contributed by atoms with Crippen molar-refractivity contribution >= 4 is 29.4 Å². The summed E-state index contributed by atoms with van der Waals surface area (Å²) in [6, 6.07) is 7.71. The molecule has 4 amide bonds. The standard InChI is InChI=1S/C19H15ClFN3O4/c20-14-6-13-11(5-15(14)25)8-24(16(13)26)9-19(17(27)22-18(28)23-19)7-10-1-3-12(21)4-2-10/h1-6,25H,7-9H2,(H2,22,23,27,28). The molecule has 3 N–H and O–H groups in total. The summed E-state index contributed by atoms with van der Waals surface area (Å²) in [5, 5.41) is 14.6. The van der Waals surface area contributed by atoms with Gasteiger partial charge in [0, 0.05) is 18.5 Å². The molecular weight excluding hydrogens is 389 g/mol. The van der Waals surface area contributed by atoms with Crippen LogP contribution in [0.2, 0.25) is 5.02 Å². The molecule has 7 nitrogen and oxygen atoms in total. The first-order chi connectivity index (χ1) is 13.3. The highest BCUT2D eigenvalue weighted by atomic mass is 35.5. The Bertz CT molecular complexity index is 1010. The van der Waals surface area contributed by atoms with E-state index in [1.165, 1.54) is 41.3 Å². The maximum absolute atomic E-state index is 13.2. The van der Waals surface area contributed by atoms with Crippen molar-refractivity contribution in [2.75, 3.05) is 6.54 Å². The van der Waals surface area contributed by atoms with Crippen LogP contribution in [0.4, 0.5) is 9.18 Å². The molecule has 0 aromatic heterocycles. The van der Waals surface area contributed by atoms with Gasteiger partial charge in [0.15, 0.2) is 0 Å². The number of hydrogen-bond acceptors (Lipinski definition) is 4. The van der Waals surface area contributed by atoms with Gasteiger partial charge in [0.1, 0.15) is 17.1 Å². The fourth-order valence-electron chi connectivity index (χ4n) is 3.61. The molecule has 28 heavy (non-hydrogen) atoms. The summed E-state index contributed by atoms with van der Waals surface area (Å²) in [6.45, 7) is 0.0705. The Morgan fingerprint density at radius 3 is 2.54 bits per heavy atom. The third-order valence-electron chi connectivity index (χ3n) is 4.95. The van der Waals surface area contributed by atoms with Gasteiger partial charge < -0.3 is 15.3 Å². The fourth-order valence-corrected chi connectivity index (χ4v) is 3.77. The minimum absolute atomic E-state index is 0.0573. The third kappa shape index (κ3) is 3.05. The maximum Gasteiger partial charge on any atom is 0.322 e. The second-order valence-corrected chi connectivity index (χ2v) is 7.32. The summed E-state index contributed by atoms with van der Waals surface area (Å²) in [6.07, 6.45) is 0.0803. The number of amides is 4. The van der Waals surface area contributed by atoms with Crippen LogP contribution in [0.5, 0.6) is 5.75 Å². The number of fused-ring (bicyclic) bond motifs is 1. The van der Waals surface area contributed by atoms with Crippen LogP contribution in [0.25, 0.3) is 0 Å². The molecule has 0 radical (unpaired) electrons. The van der Waals surface area contributed by atoms with E-state index in [9.17, 15) is 23.9 Å². The molecule has 0 aliphatic carbocycles. The molecule has 0 bridgehead atoms. The van der Waals surface area contributed by atoms with Gasteiger partial charge in [-0.3, -0.25) is 14.9 Å². The van der Waals surface area contributed by atoms with Crippen LogP contribution in [-0.4, -0.2) is 39.9 Å². The largest absolute Gasteiger partial charge is 0.506 e. The van der Waals surface area contributed by atoms with Crippen LogP contribution < -0.4 is 10.6 Å². The van der Waals surface area contributed by atoms with E-state index >= 15 is 0 Å². The number of nitrogens with zero attached hydrogens (tertiary/aromatic N) is 1. The van der Waals surface area contributed by atoms with Crippen LogP contribution in [0, 0.1) is 5.82 Å². The summed E-state index contributed by atoms with van der Waals surface area (Å²) in [7, 11) is 0. The van der Waals surface area contributed by atoms with Gasteiger partial charge in [-0.2, -0.15) is 0 Å². The lowest BCUT2D eigenvalue weighted by Crippen LogP contribution is -2.56. The maximum atomic E-state index is 13.2. The summed E-state index contributed by atoms with van der Waals surface area (Å²) >= 11 is 5.89. The molecule has 9 heteroatoms. The van der Waals surface area contributed by atoms with Crippen molar-refractivity contribution in [3.8, 4) is 5.75 Å². The van der Waals surface area contributed by atoms with Crippen molar-refractivity contribution in [2.45, 2.75) is 18.5 Å². The first-order valence-electron chi connectivity index (χ1n) is 8.46. The summed E-state index contributed by atoms with van der Waals surface area (Å²) < 4.78 is 13.2. The van der Waals surface area contributed by atoms with Crippen LogP contribution in [-0.2, 0) is 17.8 Å². The lowest BCUT2D eigenvalue weighted by atomic mass is 9.90. The molecule has 2 heterocycles. The number of urea groups is 1. The Kier molecular flexibility index (Phi) is 4.23. The lowest BCUT2D eigenvalue weighted by molar-refractivity contribution is -0.124. The van der Waals surface area contributed by atoms with E-state index in [2.05, 4.69) is 10.6 Å². The van der Waals surface area contributed by atoms with Gasteiger partial charge in [0.2, 0.25) is 0 Å². The van der Waals surface area contributed by atoms with Crippen molar-refractivity contribution < 1.29 is 23.9 Å². The first kappa shape index (κ1) is 18.2. The molecule has 1 unspecified atom stereocenters. The van der Waals surface area contributed by atoms with Crippen LogP contribution in [0.3, 0.4) is 0 Å². The average Bonchev–Trinajstić information content (AvgIpc) is 3.07. The highest BCUT2D eigenvalue weighted by molar-refractivity contribution is 6.32. The second-order valence-electron chi connectivity index (χ2n) is 6.92. The fraction of sp³-hybridized carbons (Fsp3) is 0.211. The van der Waals surface area contributed by atoms with Gasteiger partial charge in [0.25, 0.3) is 11.8 Å². The predicted molar refractivity (Wildman–Crippen MR) is 97.4 cm³/mol. The molecule has 2 aromatic carbocycles. The number of benzene rings is 2. The van der Waals surface area contributed by atoms with Crippen molar-refractivity contribution in [3.05, 3.63) is 63.9 Å². The normalized spacial score (nSPS) is 20.9. The van der Waals surface area contributed by atoms with Crippen molar-refractivity contribution in [2.24, 2.45) is 0 Å². The molecule has 144 valence electrons. The topological polar surface area (TPSA) is 98.7 Å². The predicted octanol–water partition coefficient (Wildman–Crippen LogP) is 1.96. The molecule has 0 spiro atoms. The van der Waals surface area contributed by atoms with Gasteiger partial charge in [-0.05, 0) is 35.4 Å². The number of phenolic OH excluding ortho intramolecular Hbond substituents is 1. The minimum atomic E-state index is -1.39. The number of carbonyl (C=O) groups is 3. The molecule has 4 rings (SSSR count). The quantitative estimate of drug-likeness (QED) is 0.679. The number of hydrogen-bond donors (Lipinski definition) is 3. The van der Waals surface area contributed by atoms with E-state index in [4.69, 9.17) is 11.6 Å². The van der Waals surface area contributed by atoms with E-state index in [1.807, 2.05) is 0 Å². The SMILES string of the molecule is O=C1NC(=O)C(Cc2ccc(F)cc2)(CN2Cc3cc(O)c(Cl)cc3C2=O)N1. The zero-order chi connectivity index (χ0) is 20.1. The van der Waals surface area contributed by atoms with E-state index in [0.717, 1.165) is 0 Å². The smallest absolute Gasteiger partial charge is 0.322 e. The van der Waals surface area contributed by atoms with Crippen LogP contribution in [0.15, 0.2) is 36.4 Å². The summed E-state index contributed by atoms with van der Waals surface area (Å²) in [5.41, 5.74) is 0.153. The highest BCUT2D eigenvalue weighted by Crippen LogP contribution is 2.33. The number of carbonyl (C=O) groups excluding carboxylic acids is 3. The average molecular weight is 404 g/mol. The number of phenols is 1. The highest BCUT2D eigenvalue weighted by Gasteiger charge is 2.49. The van der Waals surface area contributed by atoms with E-state index in [1.54, 1.807) is 0 Å². The van der Waals surface area contributed by atoms with Crippen molar-refractivity contribution in [1.29, 1.82) is 0 Å². The molecule has 1 atom stereocenters. The van der Waals surface area contributed by atoms with E-state index in [0.29, 0.717) is 16.7 Å². The second kappa shape index (κ2) is 6.49. The lowest BCUT2D eigenvalue weighted by Gasteiger charge is -2.31. The first-order valence-corrected chi connectivity index (χ1v) is 8.84. The number of rotatable bonds is 4. The Morgan fingerprint density at radius 1 is 1.18 bits per heavy atom.